The summed E-state index contributed by atoms with van der Waals surface area (Å²) >= 11 is 0. The molecule has 0 radical (unpaired) electrons. The van der Waals surface area contributed by atoms with Gasteiger partial charge in [-0.25, -0.2) is 4.79 Å². The average molecular weight is 478 g/mol. The summed E-state index contributed by atoms with van der Waals surface area (Å²) in [5.41, 5.74) is 3.02. The van der Waals surface area contributed by atoms with Gasteiger partial charge in [0.25, 0.3) is 11.8 Å². The van der Waals surface area contributed by atoms with Gasteiger partial charge in [-0.2, -0.15) is 0 Å². The standard InChI is InChI=1S/C25H27N5O5/c1-16-5-7-17(8-6-16)22-21-18(27(2)25(34)26-22)14-30(24(21)33)15-20(31)28-9-11-29(12-10-28)23(32)19-4-3-13-35-19/h3-8,13,22H,9-12,14-15H2,1-2H3,(H,26,34). The Balaban J connectivity index is 1.25. The minimum absolute atomic E-state index is 0.0827. The number of benzene rings is 1. The molecular formula is C25H27N5O5. The summed E-state index contributed by atoms with van der Waals surface area (Å²) < 4.78 is 5.18. The van der Waals surface area contributed by atoms with Gasteiger partial charge in [0.05, 0.1) is 30.1 Å². The van der Waals surface area contributed by atoms with Gasteiger partial charge in [-0.15, -0.1) is 0 Å². The van der Waals surface area contributed by atoms with Gasteiger partial charge >= 0.3 is 6.03 Å². The Kier molecular flexibility index (Phi) is 5.80. The number of hydrogen-bond acceptors (Lipinski definition) is 5. The van der Waals surface area contributed by atoms with Crippen LogP contribution in [0.3, 0.4) is 0 Å². The first-order chi connectivity index (χ1) is 16.8. The summed E-state index contributed by atoms with van der Waals surface area (Å²) in [5.74, 6) is -0.356. The van der Waals surface area contributed by atoms with Gasteiger partial charge in [0.1, 0.15) is 6.54 Å². The fourth-order valence-electron chi connectivity index (χ4n) is 4.74. The lowest BCUT2D eigenvalue weighted by atomic mass is 9.95. The summed E-state index contributed by atoms with van der Waals surface area (Å²) in [6.45, 7) is 3.64. The minimum Gasteiger partial charge on any atom is -0.459 e. The smallest absolute Gasteiger partial charge is 0.322 e. The third-order valence-corrected chi connectivity index (χ3v) is 6.82. The molecule has 0 spiro atoms. The number of furan rings is 1. The van der Waals surface area contributed by atoms with Gasteiger partial charge in [-0.05, 0) is 24.6 Å². The van der Waals surface area contributed by atoms with Crippen LogP contribution in [0.4, 0.5) is 4.79 Å². The van der Waals surface area contributed by atoms with E-state index in [9.17, 15) is 19.2 Å². The van der Waals surface area contributed by atoms with Crippen LogP contribution >= 0.6 is 0 Å². The lowest BCUT2D eigenvalue weighted by molar-refractivity contribution is -0.138. The molecule has 10 nitrogen and oxygen atoms in total. The largest absolute Gasteiger partial charge is 0.459 e. The average Bonchev–Trinajstić information content (AvgIpc) is 3.51. The topological polar surface area (TPSA) is 106 Å². The second-order valence-corrected chi connectivity index (χ2v) is 9.02. The zero-order valence-corrected chi connectivity index (χ0v) is 19.7. The number of urea groups is 1. The van der Waals surface area contributed by atoms with Crippen LogP contribution in [-0.2, 0) is 9.59 Å². The number of nitrogens with one attached hydrogen (secondary N) is 1. The van der Waals surface area contributed by atoms with Crippen molar-refractivity contribution in [2.45, 2.75) is 13.0 Å². The summed E-state index contributed by atoms with van der Waals surface area (Å²) in [6, 6.07) is 10.1. The Morgan fingerprint density at radius 3 is 2.37 bits per heavy atom. The molecular weight excluding hydrogens is 450 g/mol. The highest BCUT2D eigenvalue weighted by Gasteiger charge is 2.43. The molecule has 1 saturated heterocycles. The van der Waals surface area contributed by atoms with Crippen molar-refractivity contribution < 1.29 is 23.6 Å². The molecule has 0 saturated carbocycles. The van der Waals surface area contributed by atoms with Gasteiger partial charge in [0.15, 0.2) is 5.76 Å². The molecule has 182 valence electrons. The SMILES string of the molecule is Cc1ccc(C2NC(=O)N(C)C3=C2C(=O)N(CC(=O)N2CCN(C(=O)c4ccco4)CC2)C3)cc1. The fourth-order valence-corrected chi connectivity index (χ4v) is 4.74. The maximum Gasteiger partial charge on any atom is 0.322 e. The molecule has 1 aromatic carbocycles. The summed E-state index contributed by atoms with van der Waals surface area (Å²) in [4.78, 5) is 57.7. The van der Waals surface area contributed by atoms with E-state index in [1.54, 1.807) is 29.0 Å². The van der Waals surface area contributed by atoms with Crippen molar-refractivity contribution in [2.24, 2.45) is 0 Å². The Labute approximate surface area is 202 Å². The molecule has 5 amide bonds. The van der Waals surface area contributed by atoms with Crippen molar-refractivity contribution in [3.05, 3.63) is 70.8 Å². The predicted octanol–water partition coefficient (Wildman–Crippen LogP) is 1.37. The number of carbonyl (C=O) groups is 4. The molecule has 3 aliphatic rings. The lowest BCUT2D eigenvalue weighted by Crippen LogP contribution is -2.52. The fraction of sp³-hybridized carbons (Fsp3) is 0.360. The molecule has 1 unspecified atom stereocenters. The van der Waals surface area contributed by atoms with Gasteiger partial charge in [0.2, 0.25) is 5.91 Å². The predicted molar refractivity (Wildman–Crippen MR) is 125 cm³/mol. The highest BCUT2D eigenvalue weighted by atomic mass is 16.3. The van der Waals surface area contributed by atoms with Crippen LogP contribution in [-0.4, -0.2) is 89.7 Å². The number of rotatable bonds is 4. The number of amides is 5. The summed E-state index contributed by atoms with van der Waals surface area (Å²) in [6.07, 6.45) is 1.46. The third kappa shape index (κ3) is 4.16. The Morgan fingerprint density at radius 1 is 1.03 bits per heavy atom. The highest BCUT2D eigenvalue weighted by Crippen LogP contribution is 2.35. The van der Waals surface area contributed by atoms with E-state index in [-0.39, 0.29) is 42.6 Å². The zero-order chi connectivity index (χ0) is 24.7. The van der Waals surface area contributed by atoms with Crippen molar-refractivity contribution in [1.82, 2.24) is 24.9 Å². The van der Waals surface area contributed by atoms with Gasteiger partial charge < -0.3 is 24.4 Å². The zero-order valence-electron chi connectivity index (χ0n) is 19.7. The van der Waals surface area contributed by atoms with Gasteiger partial charge in [0, 0.05) is 33.2 Å². The molecule has 0 bridgehead atoms. The van der Waals surface area contributed by atoms with E-state index < -0.39 is 6.04 Å². The Bertz CT molecular complexity index is 1200. The highest BCUT2D eigenvalue weighted by molar-refractivity contribution is 6.03. The van der Waals surface area contributed by atoms with Crippen LogP contribution in [0.5, 0.6) is 0 Å². The van der Waals surface area contributed by atoms with Crippen molar-refractivity contribution in [1.29, 1.82) is 0 Å². The van der Waals surface area contributed by atoms with E-state index in [0.717, 1.165) is 11.1 Å². The molecule has 1 fully saturated rings. The minimum atomic E-state index is -0.557. The molecule has 5 rings (SSSR count). The third-order valence-electron chi connectivity index (χ3n) is 6.82. The molecule has 10 heteroatoms. The van der Waals surface area contributed by atoms with Crippen molar-refractivity contribution in [3.63, 3.8) is 0 Å². The van der Waals surface area contributed by atoms with Crippen molar-refractivity contribution in [3.8, 4) is 0 Å². The lowest BCUT2D eigenvalue weighted by Gasteiger charge is -2.35. The summed E-state index contributed by atoms with van der Waals surface area (Å²) in [5, 5.41) is 2.91. The van der Waals surface area contributed by atoms with E-state index in [4.69, 9.17) is 4.42 Å². The van der Waals surface area contributed by atoms with Crippen LogP contribution in [0.25, 0.3) is 0 Å². The molecule has 1 atom stereocenters. The number of piperazine rings is 1. The molecule has 3 aliphatic heterocycles. The van der Waals surface area contributed by atoms with E-state index in [1.807, 2.05) is 31.2 Å². The molecule has 1 aromatic heterocycles. The molecule has 4 heterocycles. The van der Waals surface area contributed by atoms with Crippen LogP contribution in [0.2, 0.25) is 0 Å². The van der Waals surface area contributed by atoms with Crippen LogP contribution in [0.1, 0.15) is 27.7 Å². The monoisotopic (exact) mass is 477 g/mol. The maximum absolute atomic E-state index is 13.4. The number of hydrogen-bond donors (Lipinski definition) is 1. The van der Waals surface area contributed by atoms with E-state index in [0.29, 0.717) is 37.4 Å². The molecule has 35 heavy (non-hydrogen) atoms. The number of aryl methyl sites for hydroxylation is 1. The first kappa shape index (κ1) is 22.7. The molecule has 2 aromatic rings. The van der Waals surface area contributed by atoms with E-state index in [1.165, 1.54) is 16.1 Å². The number of nitrogens with zero attached hydrogens (tertiary/aromatic N) is 4. The molecule has 1 N–H and O–H groups in total. The Morgan fingerprint density at radius 2 is 1.71 bits per heavy atom. The Hall–Kier alpha value is -4.08. The van der Waals surface area contributed by atoms with Crippen LogP contribution in [0, 0.1) is 6.92 Å². The second kappa shape index (κ2) is 8.94. The van der Waals surface area contributed by atoms with E-state index >= 15 is 0 Å². The second-order valence-electron chi connectivity index (χ2n) is 9.02. The maximum atomic E-state index is 13.4. The van der Waals surface area contributed by atoms with Crippen LogP contribution in [0.15, 0.2) is 58.3 Å². The van der Waals surface area contributed by atoms with Crippen molar-refractivity contribution >= 4 is 23.8 Å². The van der Waals surface area contributed by atoms with Crippen LogP contribution < -0.4 is 5.32 Å². The number of likely N-dealkylation sites (N-methyl/N-ethyl adjacent to an activating group) is 1. The normalized spacial score (nSPS) is 20.3. The van der Waals surface area contributed by atoms with Gasteiger partial charge in [-0.1, -0.05) is 29.8 Å². The first-order valence-corrected chi connectivity index (χ1v) is 11.6. The molecule has 0 aliphatic carbocycles. The quantitative estimate of drug-likeness (QED) is 0.716. The van der Waals surface area contributed by atoms with Gasteiger partial charge in [-0.3, -0.25) is 19.3 Å². The summed E-state index contributed by atoms with van der Waals surface area (Å²) in [7, 11) is 1.63. The first-order valence-electron chi connectivity index (χ1n) is 11.6. The van der Waals surface area contributed by atoms with Crippen molar-refractivity contribution in [2.75, 3.05) is 46.3 Å². The number of carbonyl (C=O) groups excluding carboxylic acids is 4. The van der Waals surface area contributed by atoms with E-state index in [2.05, 4.69) is 5.32 Å².